The smallest absolute Gasteiger partial charge is 0.338 e. The van der Waals surface area contributed by atoms with Crippen LogP contribution in [0.4, 0.5) is 4.79 Å². The molecule has 6 rings (SSSR count). The predicted molar refractivity (Wildman–Crippen MR) is 192 cm³/mol. The van der Waals surface area contributed by atoms with Crippen molar-refractivity contribution in [1.29, 1.82) is 0 Å². The molecule has 9 nitrogen and oxygen atoms in total. The van der Waals surface area contributed by atoms with Crippen LogP contribution in [0.5, 0.6) is 0 Å². The zero-order valence-corrected chi connectivity index (χ0v) is 28.4. The molecular weight excluding hydrogens is 651 g/mol. The minimum absolute atomic E-state index is 0.0463. The number of amides is 2. The third kappa shape index (κ3) is 8.58. The lowest BCUT2D eigenvalue weighted by Gasteiger charge is -2.41. The van der Waals surface area contributed by atoms with Crippen molar-refractivity contribution in [1.82, 2.24) is 15.6 Å². The van der Waals surface area contributed by atoms with E-state index in [1.165, 1.54) is 11.8 Å². The Kier molecular flexibility index (Phi) is 11.6. The van der Waals surface area contributed by atoms with Gasteiger partial charge in [0.2, 0.25) is 0 Å². The molecule has 1 aliphatic rings. The number of hydrogen-bond donors (Lipinski definition) is 4. The Balaban J connectivity index is 1.18. The first-order valence-corrected chi connectivity index (χ1v) is 17.4. The van der Waals surface area contributed by atoms with E-state index in [1.54, 1.807) is 18.3 Å². The fourth-order valence-electron chi connectivity index (χ4n) is 5.93. The average Bonchev–Trinajstić information content (AvgIpc) is 3.16. The van der Waals surface area contributed by atoms with Crippen LogP contribution in [0.15, 0.2) is 126 Å². The van der Waals surface area contributed by atoms with E-state index in [9.17, 15) is 19.8 Å². The quantitative estimate of drug-likeness (QED) is 0.0991. The second-order valence-corrected chi connectivity index (χ2v) is 13.1. The lowest BCUT2D eigenvalue weighted by molar-refractivity contribution is -0.268. The molecule has 10 heteroatoms. The number of rotatable bonds is 12. The number of hydrogen-bond acceptors (Lipinski definition) is 7. The van der Waals surface area contributed by atoms with Crippen molar-refractivity contribution in [2.45, 2.75) is 50.1 Å². The molecule has 4 aromatic carbocycles. The molecule has 50 heavy (non-hydrogen) atoms. The molecule has 4 atom stereocenters. The summed E-state index contributed by atoms with van der Waals surface area (Å²) in [6.07, 6.45) is 0.313. The molecule has 1 fully saturated rings. The highest BCUT2D eigenvalue weighted by Crippen LogP contribution is 2.43. The number of carbonyl (C=O) groups is 2. The van der Waals surface area contributed by atoms with Crippen molar-refractivity contribution >= 4 is 23.8 Å². The molecule has 5 aromatic rings. The second kappa shape index (κ2) is 16.6. The van der Waals surface area contributed by atoms with Gasteiger partial charge in [-0.3, -0.25) is 0 Å². The van der Waals surface area contributed by atoms with Gasteiger partial charge in [-0.25, -0.2) is 14.6 Å². The number of aromatic carboxylic acids is 1. The van der Waals surface area contributed by atoms with E-state index in [-0.39, 0.29) is 36.3 Å². The topological polar surface area (TPSA) is 130 Å². The van der Waals surface area contributed by atoms with E-state index in [4.69, 9.17) is 9.47 Å². The summed E-state index contributed by atoms with van der Waals surface area (Å²) < 4.78 is 13.2. The first-order valence-electron chi connectivity index (χ1n) is 16.4. The van der Waals surface area contributed by atoms with Crippen molar-refractivity contribution in [3.05, 3.63) is 155 Å². The number of aromatic nitrogens is 1. The number of nitrogens with one attached hydrogen (secondary N) is 2. The minimum Gasteiger partial charge on any atom is -0.478 e. The molecule has 1 aliphatic heterocycles. The van der Waals surface area contributed by atoms with Gasteiger partial charge in [-0.2, -0.15) is 0 Å². The standard InChI is InChI=1S/C40H39N3O6S/c1-26-35(25-50-37-34(38(45)46)12-7-21-41-37)48-39(49-36(26)30-15-13-28(24-44)14-16-30)31-19-17-29(18-20-31)33-11-6-5-10-32(33)23-43-40(47)42-22-27-8-3-2-4-9-27/h2-21,26,35-36,39,44H,22-25H2,1H3,(H,45,46)(H2,42,43,47)/t26-,35+,36+,39+/m1/s1. The number of aliphatic hydroxyl groups is 1. The fraction of sp³-hybridized carbons (Fsp3) is 0.225. The number of ether oxygens (including phenoxy) is 2. The summed E-state index contributed by atoms with van der Waals surface area (Å²) in [5.74, 6) is -0.620. The monoisotopic (exact) mass is 689 g/mol. The van der Waals surface area contributed by atoms with Crippen molar-refractivity contribution in [2.24, 2.45) is 5.92 Å². The number of benzene rings is 4. The molecule has 4 N–H and O–H groups in total. The predicted octanol–water partition coefficient (Wildman–Crippen LogP) is 7.52. The van der Waals surface area contributed by atoms with Crippen LogP contribution in [0.25, 0.3) is 11.1 Å². The molecule has 1 saturated heterocycles. The lowest BCUT2D eigenvalue weighted by atomic mass is 9.91. The van der Waals surface area contributed by atoms with Gasteiger partial charge in [-0.05, 0) is 45.5 Å². The Hall–Kier alpha value is -5.00. The highest BCUT2D eigenvalue weighted by Gasteiger charge is 2.38. The molecule has 256 valence electrons. The molecule has 0 radical (unpaired) electrons. The highest BCUT2D eigenvalue weighted by atomic mass is 32.2. The van der Waals surface area contributed by atoms with Gasteiger partial charge in [0.05, 0.1) is 24.4 Å². The summed E-state index contributed by atoms with van der Waals surface area (Å²) in [7, 11) is 0. The van der Waals surface area contributed by atoms with Gasteiger partial charge in [0, 0.05) is 36.5 Å². The van der Waals surface area contributed by atoms with E-state index in [0.717, 1.165) is 38.9 Å². The normalized spacial score (nSPS) is 18.7. The Morgan fingerprint density at radius 2 is 1.48 bits per heavy atom. The van der Waals surface area contributed by atoms with Crippen LogP contribution < -0.4 is 10.6 Å². The van der Waals surface area contributed by atoms with Crippen molar-refractivity contribution in [2.75, 3.05) is 5.75 Å². The summed E-state index contributed by atoms with van der Waals surface area (Å²) in [6.45, 7) is 2.83. The maximum atomic E-state index is 12.5. The number of carbonyl (C=O) groups excluding carboxylic acids is 1. The first-order chi connectivity index (χ1) is 24.4. The third-order valence-electron chi connectivity index (χ3n) is 8.76. The zero-order chi connectivity index (χ0) is 34.9. The van der Waals surface area contributed by atoms with Crippen LogP contribution in [0.3, 0.4) is 0 Å². The average molecular weight is 690 g/mol. The highest BCUT2D eigenvalue weighted by molar-refractivity contribution is 7.99. The fourth-order valence-corrected chi connectivity index (χ4v) is 7.08. The van der Waals surface area contributed by atoms with Crippen LogP contribution in [0.2, 0.25) is 0 Å². The minimum atomic E-state index is -1.02. The van der Waals surface area contributed by atoms with Crippen molar-refractivity contribution in [3.8, 4) is 11.1 Å². The maximum Gasteiger partial charge on any atom is 0.338 e. The van der Waals surface area contributed by atoms with Crippen LogP contribution >= 0.6 is 11.8 Å². The molecule has 1 aromatic heterocycles. The van der Waals surface area contributed by atoms with Gasteiger partial charge in [0.25, 0.3) is 0 Å². The van der Waals surface area contributed by atoms with E-state index < -0.39 is 12.3 Å². The van der Waals surface area contributed by atoms with Crippen LogP contribution in [0.1, 0.15) is 57.5 Å². The molecule has 2 heterocycles. The van der Waals surface area contributed by atoms with Gasteiger partial charge in [-0.1, -0.05) is 110 Å². The van der Waals surface area contributed by atoms with Crippen LogP contribution in [-0.2, 0) is 29.2 Å². The van der Waals surface area contributed by atoms with E-state index >= 15 is 0 Å². The number of aliphatic hydroxyl groups excluding tert-OH is 1. The van der Waals surface area contributed by atoms with Gasteiger partial charge >= 0.3 is 12.0 Å². The summed E-state index contributed by atoms with van der Waals surface area (Å²) >= 11 is 1.36. The summed E-state index contributed by atoms with van der Waals surface area (Å²) in [5, 5.41) is 25.6. The molecule has 0 bridgehead atoms. The third-order valence-corrected chi connectivity index (χ3v) is 9.85. The molecular formula is C40H39N3O6S. The summed E-state index contributed by atoms with van der Waals surface area (Å²) in [5.41, 5.74) is 6.77. The second-order valence-electron chi connectivity index (χ2n) is 12.1. The molecule has 0 unspecified atom stereocenters. The zero-order valence-electron chi connectivity index (χ0n) is 27.6. The largest absolute Gasteiger partial charge is 0.478 e. The number of pyridine rings is 1. The maximum absolute atomic E-state index is 12.5. The van der Waals surface area contributed by atoms with Crippen molar-refractivity contribution < 1.29 is 29.3 Å². The number of nitrogens with zero attached hydrogens (tertiary/aromatic N) is 1. The molecule has 0 aliphatic carbocycles. The lowest BCUT2D eigenvalue weighted by Crippen LogP contribution is -2.38. The van der Waals surface area contributed by atoms with E-state index in [2.05, 4.69) is 22.5 Å². The van der Waals surface area contributed by atoms with Gasteiger partial charge in [-0.15, -0.1) is 11.8 Å². The number of urea groups is 1. The molecule has 0 saturated carbocycles. The number of thioether (sulfide) groups is 1. The first kappa shape index (κ1) is 34.8. The Labute approximate surface area is 295 Å². The van der Waals surface area contributed by atoms with E-state index in [1.807, 2.05) is 103 Å². The summed E-state index contributed by atoms with van der Waals surface area (Å²) in [6, 6.07) is 36.4. The Morgan fingerprint density at radius 3 is 2.22 bits per heavy atom. The van der Waals surface area contributed by atoms with E-state index in [0.29, 0.717) is 23.9 Å². The Morgan fingerprint density at radius 1 is 0.780 bits per heavy atom. The van der Waals surface area contributed by atoms with Gasteiger partial charge in [0.1, 0.15) is 5.03 Å². The number of carboxylic acids is 1. The van der Waals surface area contributed by atoms with Gasteiger partial charge < -0.3 is 30.3 Å². The SMILES string of the molecule is C[C@@H]1[C@H](CSc2ncccc2C(=O)O)O[C@H](c2ccc(-c3ccccc3CNC(=O)NCc3ccccc3)cc2)O[C@@H]1c1ccc(CO)cc1. The van der Waals surface area contributed by atoms with Crippen LogP contribution in [-0.4, -0.2) is 39.1 Å². The molecule has 0 spiro atoms. The molecule has 2 amide bonds. The van der Waals surface area contributed by atoms with Crippen molar-refractivity contribution in [3.63, 3.8) is 0 Å². The number of carboxylic acid groups (broad SMARTS) is 1. The Bertz CT molecular complexity index is 1890. The summed E-state index contributed by atoms with van der Waals surface area (Å²) in [4.78, 5) is 28.7. The van der Waals surface area contributed by atoms with Crippen LogP contribution in [0, 0.1) is 5.92 Å². The van der Waals surface area contributed by atoms with Gasteiger partial charge in [0.15, 0.2) is 6.29 Å².